The van der Waals surface area contributed by atoms with Gasteiger partial charge in [0.05, 0.1) is 12.9 Å². The summed E-state index contributed by atoms with van der Waals surface area (Å²) in [6.45, 7) is -0.443. The molecular formula is C17H17IN6O5. The predicted molar refractivity (Wildman–Crippen MR) is 110 cm³/mol. The standard InChI is InChI=1S/C17H17IN6O5/c18-8-2-1-3-9(4-8)22-17(28)23-14-11-15(20-6-19-14)24(7-21-11)16-13(27)12(26)10(5-25)29-16/h1-4,6-7,10,12-13,16,25-27H,5H2,(H2,19,20,22,23,28)/t10-,12?,13?,16-/m1/s1. The number of aromatic nitrogens is 4. The van der Waals surface area contributed by atoms with Crippen molar-refractivity contribution < 1.29 is 24.9 Å². The Morgan fingerprint density at radius 3 is 2.76 bits per heavy atom. The molecule has 0 spiro atoms. The third kappa shape index (κ3) is 3.89. The van der Waals surface area contributed by atoms with E-state index >= 15 is 0 Å². The average Bonchev–Trinajstić information content (AvgIpc) is 3.24. The second kappa shape index (κ2) is 8.16. The summed E-state index contributed by atoms with van der Waals surface area (Å²) in [5, 5.41) is 34.8. The lowest BCUT2D eigenvalue weighted by atomic mass is 10.1. The highest BCUT2D eigenvalue weighted by Gasteiger charge is 2.44. The van der Waals surface area contributed by atoms with Crippen molar-refractivity contribution in [3.8, 4) is 0 Å². The number of hydrogen-bond acceptors (Lipinski definition) is 8. The average molecular weight is 512 g/mol. The number of urea groups is 1. The maximum absolute atomic E-state index is 12.3. The van der Waals surface area contributed by atoms with Gasteiger partial charge in [0.25, 0.3) is 0 Å². The summed E-state index contributed by atoms with van der Waals surface area (Å²) in [6, 6.07) is 6.79. The Hall–Kier alpha value is -2.39. The summed E-state index contributed by atoms with van der Waals surface area (Å²) in [5.41, 5.74) is 1.19. The molecule has 5 N–H and O–H groups in total. The Morgan fingerprint density at radius 2 is 2.03 bits per heavy atom. The molecule has 3 aromatic rings. The summed E-state index contributed by atoms with van der Waals surface area (Å²) in [7, 11) is 0. The first-order chi connectivity index (χ1) is 14.0. The van der Waals surface area contributed by atoms with Crippen LogP contribution in [0.2, 0.25) is 0 Å². The van der Waals surface area contributed by atoms with Crippen LogP contribution < -0.4 is 10.6 Å². The van der Waals surface area contributed by atoms with Crippen molar-refractivity contribution in [3.05, 3.63) is 40.5 Å². The van der Waals surface area contributed by atoms with Crippen LogP contribution in [-0.2, 0) is 4.74 Å². The van der Waals surface area contributed by atoms with Gasteiger partial charge in [-0.25, -0.2) is 19.7 Å². The fourth-order valence-corrected chi connectivity index (χ4v) is 3.62. The van der Waals surface area contributed by atoms with Gasteiger partial charge < -0.3 is 25.4 Å². The molecule has 2 unspecified atom stereocenters. The highest BCUT2D eigenvalue weighted by molar-refractivity contribution is 14.1. The molecule has 152 valence electrons. The largest absolute Gasteiger partial charge is 0.394 e. The first-order valence-electron chi connectivity index (χ1n) is 8.61. The minimum atomic E-state index is -1.28. The van der Waals surface area contributed by atoms with E-state index in [1.54, 1.807) is 6.07 Å². The van der Waals surface area contributed by atoms with Crippen molar-refractivity contribution in [1.82, 2.24) is 19.5 Å². The molecule has 0 saturated carbocycles. The quantitative estimate of drug-likeness (QED) is 0.320. The number of ether oxygens (including phenoxy) is 1. The van der Waals surface area contributed by atoms with E-state index < -0.39 is 37.2 Å². The van der Waals surface area contributed by atoms with Gasteiger partial charge in [0, 0.05) is 9.26 Å². The minimum Gasteiger partial charge on any atom is -0.394 e. The molecule has 1 aliphatic rings. The monoisotopic (exact) mass is 512 g/mol. The van der Waals surface area contributed by atoms with E-state index in [4.69, 9.17) is 4.74 Å². The zero-order valence-electron chi connectivity index (χ0n) is 14.8. The number of benzene rings is 1. The van der Waals surface area contributed by atoms with Crippen LogP contribution in [0.3, 0.4) is 0 Å². The number of rotatable bonds is 4. The number of nitrogens with zero attached hydrogens (tertiary/aromatic N) is 4. The molecule has 1 fully saturated rings. The SMILES string of the molecule is O=C(Nc1cccc(I)c1)Nc1ncnc2c1ncn2[C@@H]1O[C@H](CO)C(O)C1O. The normalized spacial score (nSPS) is 24.0. The molecule has 12 heteroatoms. The predicted octanol–water partition coefficient (Wildman–Crippen LogP) is 0.686. The number of hydrogen-bond donors (Lipinski definition) is 5. The highest BCUT2D eigenvalue weighted by Crippen LogP contribution is 2.32. The van der Waals surface area contributed by atoms with E-state index in [1.165, 1.54) is 17.2 Å². The van der Waals surface area contributed by atoms with E-state index in [0.717, 1.165) is 3.57 Å². The lowest BCUT2D eigenvalue weighted by Gasteiger charge is -2.16. The molecule has 1 aromatic carbocycles. The number of fused-ring (bicyclic) bond motifs is 1. The van der Waals surface area contributed by atoms with Gasteiger partial charge in [-0.2, -0.15) is 0 Å². The van der Waals surface area contributed by atoms with Crippen molar-refractivity contribution in [2.75, 3.05) is 17.2 Å². The third-order valence-electron chi connectivity index (χ3n) is 4.46. The van der Waals surface area contributed by atoms with Gasteiger partial charge in [-0.15, -0.1) is 0 Å². The van der Waals surface area contributed by atoms with Gasteiger partial charge >= 0.3 is 6.03 Å². The van der Waals surface area contributed by atoms with Crippen molar-refractivity contribution in [2.45, 2.75) is 24.5 Å². The maximum Gasteiger partial charge on any atom is 0.324 e. The van der Waals surface area contributed by atoms with Gasteiger partial charge in [-0.1, -0.05) is 6.07 Å². The van der Waals surface area contributed by atoms with Crippen LogP contribution >= 0.6 is 22.6 Å². The van der Waals surface area contributed by atoms with Crippen molar-refractivity contribution in [3.63, 3.8) is 0 Å². The Labute approximate surface area is 177 Å². The fourth-order valence-electron chi connectivity index (χ4n) is 3.08. The number of aliphatic hydroxyl groups is 3. The molecule has 4 rings (SSSR count). The van der Waals surface area contributed by atoms with Crippen LogP contribution in [0.25, 0.3) is 11.2 Å². The molecule has 2 aromatic heterocycles. The van der Waals surface area contributed by atoms with Gasteiger partial charge in [-0.05, 0) is 40.8 Å². The van der Waals surface area contributed by atoms with Gasteiger partial charge in [0.2, 0.25) is 0 Å². The van der Waals surface area contributed by atoms with Crippen LogP contribution in [0.1, 0.15) is 6.23 Å². The molecule has 3 heterocycles. The minimum absolute atomic E-state index is 0.170. The smallest absolute Gasteiger partial charge is 0.324 e. The lowest BCUT2D eigenvalue weighted by molar-refractivity contribution is -0.0511. The maximum atomic E-state index is 12.3. The lowest BCUT2D eigenvalue weighted by Crippen LogP contribution is -2.33. The van der Waals surface area contributed by atoms with Crippen molar-refractivity contribution >= 4 is 51.3 Å². The molecule has 1 saturated heterocycles. The number of carbonyl (C=O) groups is 1. The Balaban J connectivity index is 1.57. The van der Waals surface area contributed by atoms with Gasteiger partial charge in [0.1, 0.15) is 24.6 Å². The number of carbonyl (C=O) groups excluding carboxylic acids is 1. The zero-order chi connectivity index (χ0) is 20.5. The van der Waals surface area contributed by atoms with Crippen LogP contribution in [0.15, 0.2) is 36.9 Å². The van der Waals surface area contributed by atoms with E-state index in [0.29, 0.717) is 11.3 Å². The van der Waals surface area contributed by atoms with Crippen molar-refractivity contribution in [1.29, 1.82) is 0 Å². The molecule has 0 bridgehead atoms. The first-order valence-corrected chi connectivity index (χ1v) is 9.69. The number of halogens is 1. The molecule has 11 nitrogen and oxygen atoms in total. The second-order valence-electron chi connectivity index (χ2n) is 6.36. The van der Waals surface area contributed by atoms with Crippen LogP contribution in [-0.4, -0.2) is 65.8 Å². The van der Waals surface area contributed by atoms with Gasteiger partial charge in [0.15, 0.2) is 23.2 Å². The number of aliphatic hydroxyl groups excluding tert-OH is 3. The summed E-state index contributed by atoms with van der Waals surface area (Å²) in [5.74, 6) is 0.170. The number of anilines is 2. The van der Waals surface area contributed by atoms with E-state index in [1.807, 2.05) is 18.2 Å². The molecule has 2 amide bonds. The first kappa shape index (κ1) is 19.9. The van der Waals surface area contributed by atoms with Crippen LogP contribution in [0.4, 0.5) is 16.3 Å². The number of nitrogens with one attached hydrogen (secondary N) is 2. The van der Waals surface area contributed by atoms with Crippen LogP contribution in [0.5, 0.6) is 0 Å². The fraction of sp³-hybridized carbons (Fsp3) is 0.294. The second-order valence-corrected chi connectivity index (χ2v) is 7.61. The third-order valence-corrected chi connectivity index (χ3v) is 5.14. The van der Waals surface area contributed by atoms with E-state index in [-0.39, 0.29) is 11.3 Å². The molecule has 0 radical (unpaired) electrons. The summed E-state index contributed by atoms with van der Waals surface area (Å²) >= 11 is 2.14. The molecular weight excluding hydrogens is 495 g/mol. The summed E-state index contributed by atoms with van der Waals surface area (Å²) in [6.07, 6.45) is -1.84. The van der Waals surface area contributed by atoms with Gasteiger partial charge in [-0.3, -0.25) is 9.88 Å². The Bertz CT molecular complexity index is 1050. The molecule has 4 atom stereocenters. The molecule has 29 heavy (non-hydrogen) atoms. The molecule has 1 aliphatic heterocycles. The van der Waals surface area contributed by atoms with E-state index in [2.05, 4.69) is 48.2 Å². The Morgan fingerprint density at radius 1 is 1.21 bits per heavy atom. The van der Waals surface area contributed by atoms with Crippen LogP contribution in [0, 0.1) is 3.57 Å². The van der Waals surface area contributed by atoms with Crippen molar-refractivity contribution in [2.24, 2.45) is 0 Å². The summed E-state index contributed by atoms with van der Waals surface area (Å²) < 4.78 is 7.90. The Kier molecular flexibility index (Phi) is 5.60. The number of amides is 2. The molecule has 0 aliphatic carbocycles. The highest BCUT2D eigenvalue weighted by atomic mass is 127. The van der Waals surface area contributed by atoms with E-state index in [9.17, 15) is 20.1 Å². The number of imidazole rings is 1. The summed E-state index contributed by atoms with van der Waals surface area (Å²) in [4.78, 5) is 24.7. The zero-order valence-corrected chi connectivity index (χ0v) is 17.0. The topological polar surface area (TPSA) is 155 Å².